The highest BCUT2D eigenvalue weighted by Gasteiger charge is 2.18. The molecule has 0 bridgehead atoms. The minimum Gasteiger partial charge on any atom is -0.443 e. The van der Waals surface area contributed by atoms with Crippen molar-refractivity contribution in [3.05, 3.63) is 42.2 Å². The number of nitrogens with two attached hydrogens (primary N) is 1. The molecule has 3 aromatic rings. The van der Waals surface area contributed by atoms with Crippen LogP contribution in [0.5, 0.6) is 0 Å². The fourth-order valence-electron chi connectivity index (χ4n) is 2.19. The summed E-state index contributed by atoms with van der Waals surface area (Å²) in [5, 5.41) is 4.17. The number of nitrogens with zero attached hydrogens (tertiary/aromatic N) is 6. The van der Waals surface area contributed by atoms with Crippen molar-refractivity contribution in [2.24, 2.45) is 5.73 Å². The lowest BCUT2D eigenvalue weighted by Gasteiger charge is -2.10. The van der Waals surface area contributed by atoms with Crippen molar-refractivity contribution >= 4 is 5.91 Å². The second-order valence-electron chi connectivity index (χ2n) is 5.14. The molecule has 9 heteroatoms. The molecule has 0 aliphatic carbocycles. The van der Waals surface area contributed by atoms with Crippen molar-refractivity contribution in [3.63, 3.8) is 0 Å². The van der Waals surface area contributed by atoms with E-state index in [0.29, 0.717) is 23.1 Å². The van der Waals surface area contributed by atoms with E-state index in [1.165, 1.54) is 25.0 Å². The quantitative estimate of drug-likeness (QED) is 0.744. The van der Waals surface area contributed by atoms with Crippen molar-refractivity contribution in [1.82, 2.24) is 29.7 Å². The Labute approximate surface area is 131 Å². The van der Waals surface area contributed by atoms with Crippen LogP contribution in [0.15, 0.2) is 29.4 Å². The fourth-order valence-corrected chi connectivity index (χ4v) is 2.19. The van der Waals surface area contributed by atoms with E-state index in [1.807, 2.05) is 13.8 Å². The van der Waals surface area contributed by atoms with Crippen molar-refractivity contribution in [1.29, 1.82) is 0 Å². The molecule has 23 heavy (non-hydrogen) atoms. The lowest BCUT2D eigenvalue weighted by molar-refractivity contribution is 0.0994. The Bertz CT molecular complexity index is 824. The number of carbonyl (C=O) groups excluding carboxylic acids is 1. The number of oxazole rings is 1. The molecular weight excluding hydrogens is 298 g/mol. The zero-order chi connectivity index (χ0) is 16.4. The van der Waals surface area contributed by atoms with Gasteiger partial charge in [-0.2, -0.15) is 5.10 Å². The van der Waals surface area contributed by atoms with Gasteiger partial charge in [0, 0.05) is 6.04 Å². The molecule has 0 atom stereocenters. The van der Waals surface area contributed by atoms with Crippen LogP contribution in [0.25, 0.3) is 11.6 Å². The maximum Gasteiger partial charge on any atom is 0.269 e. The van der Waals surface area contributed by atoms with Gasteiger partial charge in [0.05, 0.1) is 24.5 Å². The number of rotatable bonds is 5. The summed E-state index contributed by atoms with van der Waals surface area (Å²) < 4.78 is 6.96. The Morgan fingerprint density at radius 1 is 1.35 bits per heavy atom. The molecule has 3 heterocycles. The molecule has 3 rings (SSSR count). The zero-order valence-corrected chi connectivity index (χ0v) is 12.7. The number of amides is 1. The standard InChI is InChI=1S/C14H15N7O2/c1-8(2)21-11(18-7-19-21)5-9-12(13(15)22)17-6-10(20-9)14-16-3-4-23-14/h3-4,6-8H,5H2,1-2H3,(H2,15,22). The first-order chi connectivity index (χ1) is 11.1. The van der Waals surface area contributed by atoms with Crippen LogP contribution in [0.1, 0.15) is 41.9 Å². The Morgan fingerprint density at radius 2 is 2.17 bits per heavy atom. The molecule has 0 spiro atoms. The Kier molecular flexibility index (Phi) is 3.83. The van der Waals surface area contributed by atoms with E-state index in [0.717, 1.165) is 0 Å². The number of aromatic nitrogens is 6. The highest BCUT2D eigenvalue weighted by atomic mass is 16.3. The maximum absolute atomic E-state index is 11.6. The molecule has 0 saturated carbocycles. The highest BCUT2D eigenvalue weighted by molar-refractivity contribution is 5.92. The largest absolute Gasteiger partial charge is 0.443 e. The number of hydrogen-bond donors (Lipinski definition) is 1. The van der Waals surface area contributed by atoms with E-state index in [4.69, 9.17) is 10.2 Å². The summed E-state index contributed by atoms with van der Waals surface area (Å²) in [6.45, 7) is 3.98. The van der Waals surface area contributed by atoms with Gasteiger partial charge in [0.1, 0.15) is 29.8 Å². The molecule has 0 aliphatic rings. The molecule has 2 N–H and O–H groups in total. The molecule has 0 unspecified atom stereocenters. The fraction of sp³-hybridized carbons (Fsp3) is 0.286. The normalized spacial score (nSPS) is 11.1. The van der Waals surface area contributed by atoms with E-state index in [1.54, 1.807) is 4.68 Å². The summed E-state index contributed by atoms with van der Waals surface area (Å²) in [7, 11) is 0. The van der Waals surface area contributed by atoms with Gasteiger partial charge >= 0.3 is 0 Å². The monoisotopic (exact) mass is 313 g/mol. The lowest BCUT2D eigenvalue weighted by Crippen LogP contribution is -2.19. The van der Waals surface area contributed by atoms with Gasteiger partial charge in [-0.25, -0.2) is 24.6 Å². The summed E-state index contributed by atoms with van der Waals surface area (Å²) in [5.74, 6) is 0.337. The Morgan fingerprint density at radius 3 is 2.83 bits per heavy atom. The number of hydrogen-bond acceptors (Lipinski definition) is 7. The minimum atomic E-state index is -0.651. The van der Waals surface area contributed by atoms with Gasteiger partial charge in [0.25, 0.3) is 5.91 Å². The first-order valence-electron chi connectivity index (χ1n) is 7.00. The molecule has 0 radical (unpaired) electrons. The van der Waals surface area contributed by atoms with E-state index < -0.39 is 5.91 Å². The van der Waals surface area contributed by atoms with Crippen LogP contribution in [0, 0.1) is 0 Å². The predicted octanol–water partition coefficient (Wildman–Crippen LogP) is 0.994. The molecule has 118 valence electrons. The topological polar surface area (TPSA) is 126 Å². The molecular formula is C14H15N7O2. The van der Waals surface area contributed by atoms with Gasteiger partial charge in [-0.3, -0.25) is 4.79 Å². The minimum absolute atomic E-state index is 0.0959. The summed E-state index contributed by atoms with van der Waals surface area (Å²) in [5.41, 5.74) is 6.31. The van der Waals surface area contributed by atoms with Crippen LogP contribution in [0.2, 0.25) is 0 Å². The van der Waals surface area contributed by atoms with Gasteiger partial charge in [0.2, 0.25) is 5.89 Å². The van der Waals surface area contributed by atoms with Gasteiger partial charge in [0.15, 0.2) is 0 Å². The Hall–Kier alpha value is -3.10. The van der Waals surface area contributed by atoms with Crippen molar-refractivity contribution in [2.45, 2.75) is 26.3 Å². The third-order valence-corrected chi connectivity index (χ3v) is 3.19. The molecule has 0 saturated heterocycles. The summed E-state index contributed by atoms with van der Waals surface area (Å²) >= 11 is 0. The molecule has 0 aromatic carbocycles. The molecule has 1 amide bonds. The van der Waals surface area contributed by atoms with Gasteiger partial charge < -0.3 is 10.2 Å². The highest BCUT2D eigenvalue weighted by Crippen LogP contribution is 2.18. The van der Waals surface area contributed by atoms with Crippen LogP contribution in [-0.2, 0) is 6.42 Å². The van der Waals surface area contributed by atoms with E-state index in [9.17, 15) is 4.79 Å². The van der Waals surface area contributed by atoms with Gasteiger partial charge in [-0.1, -0.05) is 0 Å². The van der Waals surface area contributed by atoms with Gasteiger partial charge in [-0.05, 0) is 13.8 Å². The molecule has 9 nitrogen and oxygen atoms in total. The van der Waals surface area contributed by atoms with Crippen molar-refractivity contribution in [3.8, 4) is 11.6 Å². The van der Waals surface area contributed by atoms with Gasteiger partial charge in [-0.15, -0.1) is 0 Å². The van der Waals surface area contributed by atoms with Crippen LogP contribution >= 0.6 is 0 Å². The zero-order valence-electron chi connectivity index (χ0n) is 12.7. The van der Waals surface area contributed by atoms with Crippen LogP contribution in [0.4, 0.5) is 0 Å². The van der Waals surface area contributed by atoms with E-state index in [2.05, 4.69) is 25.0 Å². The van der Waals surface area contributed by atoms with Crippen molar-refractivity contribution < 1.29 is 9.21 Å². The first-order valence-corrected chi connectivity index (χ1v) is 7.00. The SMILES string of the molecule is CC(C)n1ncnc1Cc1nc(-c2ncco2)cnc1C(N)=O. The maximum atomic E-state index is 11.6. The molecule has 0 fully saturated rings. The lowest BCUT2D eigenvalue weighted by atomic mass is 10.2. The molecule has 0 aliphatic heterocycles. The average Bonchev–Trinajstić information content (AvgIpc) is 3.18. The van der Waals surface area contributed by atoms with Crippen molar-refractivity contribution in [2.75, 3.05) is 0 Å². The van der Waals surface area contributed by atoms with E-state index in [-0.39, 0.29) is 18.2 Å². The molecule has 3 aromatic heterocycles. The first kappa shape index (κ1) is 14.8. The van der Waals surface area contributed by atoms with E-state index >= 15 is 0 Å². The van der Waals surface area contributed by atoms with Crippen LogP contribution in [-0.4, -0.2) is 35.6 Å². The number of primary amides is 1. The predicted molar refractivity (Wildman–Crippen MR) is 79.3 cm³/mol. The second-order valence-corrected chi connectivity index (χ2v) is 5.14. The third-order valence-electron chi connectivity index (χ3n) is 3.19. The third kappa shape index (κ3) is 2.93. The van der Waals surface area contributed by atoms with Crippen LogP contribution < -0.4 is 5.73 Å². The average molecular weight is 313 g/mol. The summed E-state index contributed by atoms with van der Waals surface area (Å²) in [4.78, 5) is 28.4. The number of carbonyl (C=O) groups is 1. The summed E-state index contributed by atoms with van der Waals surface area (Å²) in [6.07, 6.45) is 6.09. The smallest absolute Gasteiger partial charge is 0.269 e. The second kappa shape index (κ2) is 5.95. The van der Waals surface area contributed by atoms with Crippen LogP contribution in [0.3, 0.4) is 0 Å². The Balaban J connectivity index is 2.03. The summed E-state index contributed by atoms with van der Waals surface area (Å²) in [6, 6.07) is 0.132.